The Kier molecular flexibility index (Phi) is 4.12. The maximum absolute atomic E-state index is 11.7. The van der Waals surface area contributed by atoms with Gasteiger partial charge in [-0.25, -0.2) is 0 Å². The smallest absolute Gasteiger partial charge is 0.248 e. The summed E-state index contributed by atoms with van der Waals surface area (Å²) in [5, 5.41) is 0. The van der Waals surface area contributed by atoms with Crippen molar-refractivity contribution in [3.8, 4) is 0 Å². The zero-order chi connectivity index (χ0) is 12.1. The van der Waals surface area contributed by atoms with Crippen LogP contribution < -0.4 is 5.73 Å². The van der Waals surface area contributed by atoms with Crippen LogP contribution in [0.1, 0.15) is 5.56 Å². The molecule has 1 amide bonds. The summed E-state index contributed by atoms with van der Waals surface area (Å²) in [5.74, 6) is 0.0441. The highest BCUT2D eigenvalue weighted by Gasteiger charge is 2.26. The van der Waals surface area contributed by atoms with E-state index in [2.05, 4.69) is 12.1 Å². The van der Waals surface area contributed by atoms with E-state index >= 15 is 0 Å². The van der Waals surface area contributed by atoms with Crippen LogP contribution in [0, 0.1) is 0 Å². The maximum atomic E-state index is 11.7. The lowest BCUT2D eigenvalue weighted by Gasteiger charge is -2.34. The Balaban J connectivity index is 1.94. The number of hydrogen-bond donors (Lipinski definition) is 1. The van der Waals surface area contributed by atoms with E-state index in [1.807, 2.05) is 23.1 Å². The van der Waals surface area contributed by atoms with E-state index in [9.17, 15) is 4.79 Å². The van der Waals surface area contributed by atoms with E-state index < -0.39 is 0 Å². The Morgan fingerprint density at radius 1 is 1.35 bits per heavy atom. The number of amides is 1. The number of ether oxygens (including phenoxy) is 1. The van der Waals surface area contributed by atoms with E-state index in [0.717, 1.165) is 6.42 Å². The van der Waals surface area contributed by atoms with E-state index in [4.69, 9.17) is 10.5 Å². The third-order valence-electron chi connectivity index (χ3n) is 3.05. The van der Waals surface area contributed by atoms with Crippen LogP contribution in [0.5, 0.6) is 0 Å². The maximum Gasteiger partial charge on any atom is 0.248 e. The molecule has 2 rings (SSSR count). The molecule has 0 radical (unpaired) electrons. The molecule has 1 aromatic carbocycles. The molecule has 4 nitrogen and oxygen atoms in total. The van der Waals surface area contributed by atoms with Gasteiger partial charge in [-0.15, -0.1) is 0 Å². The van der Waals surface area contributed by atoms with Crippen molar-refractivity contribution in [1.82, 2.24) is 4.90 Å². The highest BCUT2D eigenvalue weighted by atomic mass is 16.5. The summed E-state index contributed by atoms with van der Waals surface area (Å²) < 4.78 is 5.20. The Morgan fingerprint density at radius 3 is 2.82 bits per heavy atom. The van der Waals surface area contributed by atoms with Crippen LogP contribution in [0.4, 0.5) is 0 Å². The van der Waals surface area contributed by atoms with Crippen LogP contribution in [0.3, 0.4) is 0 Å². The normalized spacial score (nSPS) is 20.6. The molecule has 1 aromatic rings. The summed E-state index contributed by atoms with van der Waals surface area (Å²) in [6.45, 7) is 1.91. The molecule has 1 saturated heterocycles. The predicted molar refractivity (Wildman–Crippen MR) is 65.5 cm³/mol. The van der Waals surface area contributed by atoms with Gasteiger partial charge in [0.1, 0.15) is 6.61 Å². The van der Waals surface area contributed by atoms with Crippen LogP contribution in [-0.2, 0) is 16.0 Å². The fourth-order valence-electron chi connectivity index (χ4n) is 2.06. The Morgan fingerprint density at radius 2 is 2.12 bits per heavy atom. The first kappa shape index (κ1) is 12.1. The van der Waals surface area contributed by atoms with Crippen molar-refractivity contribution in [3.63, 3.8) is 0 Å². The minimum atomic E-state index is 0.0277. The van der Waals surface area contributed by atoms with Crippen molar-refractivity contribution in [2.45, 2.75) is 12.5 Å². The topological polar surface area (TPSA) is 55.6 Å². The molecule has 1 atom stereocenters. The predicted octanol–water partition coefficient (Wildman–Crippen LogP) is 0.415. The lowest BCUT2D eigenvalue weighted by atomic mass is 10.1. The summed E-state index contributed by atoms with van der Waals surface area (Å²) in [4.78, 5) is 13.6. The molecule has 0 spiro atoms. The molecular formula is C13H18N2O2. The summed E-state index contributed by atoms with van der Waals surface area (Å²) in [6, 6.07) is 10.2. The number of carbonyl (C=O) groups excluding carboxylic acids is 1. The van der Waals surface area contributed by atoms with Gasteiger partial charge in [-0.2, -0.15) is 0 Å². The molecule has 4 heteroatoms. The van der Waals surface area contributed by atoms with Gasteiger partial charge in [-0.1, -0.05) is 30.3 Å². The third-order valence-corrected chi connectivity index (χ3v) is 3.05. The van der Waals surface area contributed by atoms with E-state index in [1.54, 1.807) is 0 Å². The SMILES string of the molecule is NCC1COCC(=O)N1CCc1ccccc1. The van der Waals surface area contributed by atoms with Gasteiger partial charge in [-0.05, 0) is 12.0 Å². The second-order valence-electron chi connectivity index (χ2n) is 4.23. The second kappa shape index (κ2) is 5.80. The van der Waals surface area contributed by atoms with Gasteiger partial charge in [0.2, 0.25) is 5.91 Å². The molecular weight excluding hydrogens is 216 g/mol. The van der Waals surface area contributed by atoms with Crippen LogP contribution in [0.15, 0.2) is 30.3 Å². The van der Waals surface area contributed by atoms with Gasteiger partial charge >= 0.3 is 0 Å². The standard InChI is InChI=1S/C13H18N2O2/c14-8-12-9-17-10-13(16)15(12)7-6-11-4-2-1-3-5-11/h1-5,12H,6-10,14H2. The first-order chi connectivity index (χ1) is 8.31. The lowest BCUT2D eigenvalue weighted by Crippen LogP contribution is -2.53. The molecule has 92 valence electrons. The van der Waals surface area contributed by atoms with Crippen molar-refractivity contribution in [1.29, 1.82) is 0 Å². The summed E-state index contributed by atoms with van der Waals surface area (Å²) in [5.41, 5.74) is 6.89. The van der Waals surface area contributed by atoms with Crippen molar-refractivity contribution >= 4 is 5.91 Å². The Labute approximate surface area is 101 Å². The third kappa shape index (κ3) is 3.05. The molecule has 0 bridgehead atoms. The molecule has 0 aliphatic carbocycles. The van der Waals surface area contributed by atoms with Crippen LogP contribution in [-0.4, -0.2) is 43.2 Å². The van der Waals surface area contributed by atoms with Gasteiger partial charge in [0.25, 0.3) is 0 Å². The molecule has 0 saturated carbocycles. The van der Waals surface area contributed by atoms with Crippen LogP contribution in [0.25, 0.3) is 0 Å². The number of benzene rings is 1. The molecule has 1 aliphatic heterocycles. The molecule has 0 aromatic heterocycles. The summed E-state index contributed by atoms with van der Waals surface area (Å²) >= 11 is 0. The van der Waals surface area contributed by atoms with Gasteiger partial charge in [0, 0.05) is 13.1 Å². The van der Waals surface area contributed by atoms with E-state index in [-0.39, 0.29) is 18.6 Å². The van der Waals surface area contributed by atoms with Crippen molar-refractivity contribution in [3.05, 3.63) is 35.9 Å². The van der Waals surface area contributed by atoms with Gasteiger partial charge < -0.3 is 15.4 Å². The largest absolute Gasteiger partial charge is 0.369 e. The minimum absolute atomic E-state index is 0.0277. The summed E-state index contributed by atoms with van der Waals surface area (Å²) in [6.07, 6.45) is 0.864. The minimum Gasteiger partial charge on any atom is -0.369 e. The Hall–Kier alpha value is -1.39. The van der Waals surface area contributed by atoms with Gasteiger partial charge in [0.15, 0.2) is 0 Å². The number of nitrogens with zero attached hydrogens (tertiary/aromatic N) is 1. The number of hydrogen-bond acceptors (Lipinski definition) is 3. The molecule has 2 N–H and O–H groups in total. The summed E-state index contributed by atoms with van der Waals surface area (Å²) in [7, 11) is 0. The van der Waals surface area contributed by atoms with Crippen LogP contribution in [0.2, 0.25) is 0 Å². The number of nitrogens with two attached hydrogens (primary N) is 1. The van der Waals surface area contributed by atoms with Gasteiger partial charge in [0.05, 0.1) is 12.6 Å². The van der Waals surface area contributed by atoms with E-state index in [0.29, 0.717) is 19.7 Å². The fraction of sp³-hybridized carbons (Fsp3) is 0.462. The Bertz CT molecular complexity index is 367. The molecule has 1 heterocycles. The quantitative estimate of drug-likeness (QED) is 0.821. The number of morpholine rings is 1. The number of rotatable bonds is 4. The van der Waals surface area contributed by atoms with Crippen molar-refractivity contribution in [2.75, 3.05) is 26.3 Å². The average Bonchev–Trinajstić information content (AvgIpc) is 2.38. The van der Waals surface area contributed by atoms with E-state index in [1.165, 1.54) is 5.56 Å². The molecule has 17 heavy (non-hydrogen) atoms. The zero-order valence-corrected chi connectivity index (χ0v) is 9.84. The highest BCUT2D eigenvalue weighted by Crippen LogP contribution is 2.09. The molecule has 1 unspecified atom stereocenters. The number of carbonyl (C=O) groups is 1. The zero-order valence-electron chi connectivity index (χ0n) is 9.84. The molecule has 1 fully saturated rings. The van der Waals surface area contributed by atoms with Crippen LogP contribution >= 0.6 is 0 Å². The first-order valence-corrected chi connectivity index (χ1v) is 5.92. The monoisotopic (exact) mass is 234 g/mol. The highest BCUT2D eigenvalue weighted by molar-refractivity contribution is 5.78. The van der Waals surface area contributed by atoms with Crippen molar-refractivity contribution < 1.29 is 9.53 Å². The molecule has 1 aliphatic rings. The fourth-order valence-corrected chi connectivity index (χ4v) is 2.06. The van der Waals surface area contributed by atoms with Gasteiger partial charge in [-0.3, -0.25) is 4.79 Å². The second-order valence-corrected chi connectivity index (χ2v) is 4.23. The lowest BCUT2D eigenvalue weighted by molar-refractivity contribution is -0.147. The van der Waals surface area contributed by atoms with Crippen molar-refractivity contribution in [2.24, 2.45) is 5.73 Å². The first-order valence-electron chi connectivity index (χ1n) is 5.92. The average molecular weight is 234 g/mol.